The van der Waals surface area contributed by atoms with Crippen LogP contribution in [0.2, 0.25) is 0 Å². The molecule has 0 saturated heterocycles. The summed E-state index contributed by atoms with van der Waals surface area (Å²) in [6, 6.07) is 58.3. The molecule has 1 aliphatic carbocycles. The predicted octanol–water partition coefficient (Wildman–Crippen LogP) is 12.5. The van der Waals surface area contributed by atoms with E-state index in [9.17, 15) is 0 Å². The van der Waals surface area contributed by atoms with E-state index >= 15 is 0 Å². The minimum atomic E-state index is -0.0206. The molecule has 0 radical (unpaired) electrons. The van der Waals surface area contributed by atoms with Crippen molar-refractivity contribution in [3.63, 3.8) is 0 Å². The van der Waals surface area contributed by atoms with Crippen LogP contribution < -0.4 is 0 Å². The molecule has 212 valence electrons. The molecule has 0 unspecified atom stereocenters. The van der Waals surface area contributed by atoms with E-state index in [1.807, 2.05) is 0 Å². The summed E-state index contributed by atoms with van der Waals surface area (Å²) in [7, 11) is 0. The molecule has 0 atom stereocenters. The number of fused-ring (bicyclic) bond motifs is 7. The van der Waals surface area contributed by atoms with E-state index < -0.39 is 0 Å². The number of benzene rings is 8. The van der Waals surface area contributed by atoms with Crippen LogP contribution in [0.5, 0.6) is 0 Å². The van der Waals surface area contributed by atoms with Gasteiger partial charge in [-0.15, -0.1) is 0 Å². The van der Waals surface area contributed by atoms with Gasteiger partial charge in [-0.05, 0) is 88.0 Å². The maximum absolute atomic E-state index is 2.38. The molecule has 8 aromatic carbocycles. The minimum Gasteiger partial charge on any atom is -0.0622 e. The van der Waals surface area contributed by atoms with Crippen LogP contribution in [0.1, 0.15) is 25.0 Å². The first-order valence-electron chi connectivity index (χ1n) is 15.9. The highest BCUT2D eigenvalue weighted by Crippen LogP contribution is 2.53. The summed E-state index contributed by atoms with van der Waals surface area (Å²) in [6.07, 6.45) is 0. The molecule has 0 nitrogen and oxygen atoms in total. The summed E-state index contributed by atoms with van der Waals surface area (Å²) in [5.41, 5.74) is 13.2. The van der Waals surface area contributed by atoms with Gasteiger partial charge in [0.2, 0.25) is 0 Å². The molecule has 0 spiro atoms. The number of hydrogen-bond donors (Lipinski definition) is 0. The smallest absolute Gasteiger partial charge is 0.0159 e. The van der Waals surface area contributed by atoms with Crippen LogP contribution in [-0.2, 0) is 5.41 Å². The summed E-state index contributed by atoms with van der Waals surface area (Å²) in [5.74, 6) is 0. The molecule has 1 aliphatic rings. The Kier molecular flexibility index (Phi) is 5.64. The van der Waals surface area contributed by atoms with Gasteiger partial charge in [0.1, 0.15) is 0 Å². The molecule has 9 rings (SSSR count). The van der Waals surface area contributed by atoms with Crippen molar-refractivity contribution in [2.45, 2.75) is 19.3 Å². The Bertz CT molecular complexity index is 2370. The third kappa shape index (κ3) is 3.79. The van der Waals surface area contributed by atoms with E-state index in [-0.39, 0.29) is 5.41 Å². The number of rotatable bonds is 3. The Balaban J connectivity index is 1.32. The van der Waals surface area contributed by atoms with Crippen molar-refractivity contribution in [3.05, 3.63) is 169 Å². The lowest BCUT2D eigenvalue weighted by Crippen LogP contribution is -2.14. The molecular weight excluding hydrogens is 540 g/mol. The van der Waals surface area contributed by atoms with Crippen molar-refractivity contribution in [3.8, 4) is 44.5 Å². The van der Waals surface area contributed by atoms with E-state index in [1.54, 1.807) is 0 Å². The van der Waals surface area contributed by atoms with E-state index in [0.717, 1.165) is 0 Å². The van der Waals surface area contributed by atoms with Gasteiger partial charge >= 0.3 is 0 Å². The van der Waals surface area contributed by atoms with Gasteiger partial charge in [-0.25, -0.2) is 0 Å². The quantitative estimate of drug-likeness (QED) is 0.185. The minimum absolute atomic E-state index is 0.0206. The lowest BCUT2D eigenvalue weighted by atomic mass is 9.81. The first-order valence-corrected chi connectivity index (χ1v) is 15.9. The molecule has 0 aliphatic heterocycles. The van der Waals surface area contributed by atoms with E-state index in [1.165, 1.54) is 88.0 Å². The van der Waals surface area contributed by atoms with Gasteiger partial charge in [0.15, 0.2) is 0 Å². The van der Waals surface area contributed by atoms with E-state index in [0.29, 0.717) is 0 Å². The second-order valence-electron chi connectivity index (χ2n) is 12.8. The summed E-state index contributed by atoms with van der Waals surface area (Å²) in [4.78, 5) is 0. The van der Waals surface area contributed by atoms with Crippen LogP contribution >= 0.6 is 0 Å². The summed E-state index contributed by atoms with van der Waals surface area (Å²) in [6.45, 7) is 4.72. The third-order valence-corrected chi connectivity index (χ3v) is 10.1. The van der Waals surface area contributed by atoms with Crippen molar-refractivity contribution < 1.29 is 0 Å². The normalized spacial score (nSPS) is 13.3. The van der Waals surface area contributed by atoms with Gasteiger partial charge in [-0.2, -0.15) is 0 Å². The van der Waals surface area contributed by atoms with Crippen molar-refractivity contribution in [1.29, 1.82) is 0 Å². The summed E-state index contributed by atoms with van der Waals surface area (Å²) >= 11 is 0. The Morgan fingerprint density at radius 1 is 0.289 bits per heavy atom. The molecule has 0 fully saturated rings. The van der Waals surface area contributed by atoms with Crippen molar-refractivity contribution in [2.75, 3.05) is 0 Å². The first-order chi connectivity index (χ1) is 22.1. The molecule has 0 saturated carbocycles. The molecule has 0 bridgehead atoms. The standard InChI is InChI=1S/C45H32/c1-45(2)40-22-11-10-19-39(40)44-34-21-12-20-33(32(34)27-28-41(44)45)43-37-17-8-6-15-35(37)42(36-16-7-9-18-38(36)43)31-25-23-30(24-26-31)29-13-4-3-5-14-29/h3-28H,1-2H3. The Labute approximate surface area is 264 Å². The van der Waals surface area contributed by atoms with Crippen molar-refractivity contribution in [2.24, 2.45) is 0 Å². The van der Waals surface area contributed by atoms with Gasteiger partial charge in [0.25, 0.3) is 0 Å². The molecule has 8 aromatic rings. The van der Waals surface area contributed by atoms with Gasteiger partial charge in [-0.3, -0.25) is 0 Å². The zero-order valence-corrected chi connectivity index (χ0v) is 25.5. The second kappa shape index (κ2) is 9.78. The van der Waals surface area contributed by atoms with Crippen molar-refractivity contribution in [1.82, 2.24) is 0 Å². The highest BCUT2D eigenvalue weighted by molar-refractivity contribution is 6.24. The number of hydrogen-bond acceptors (Lipinski definition) is 0. The van der Waals surface area contributed by atoms with Gasteiger partial charge < -0.3 is 0 Å². The first kappa shape index (κ1) is 26.0. The lowest BCUT2D eigenvalue weighted by molar-refractivity contribution is 0.661. The van der Waals surface area contributed by atoms with Crippen molar-refractivity contribution >= 4 is 32.3 Å². The van der Waals surface area contributed by atoms with Crippen LogP contribution in [0.3, 0.4) is 0 Å². The fourth-order valence-electron chi connectivity index (χ4n) is 7.97. The van der Waals surface area contributed by atoms with Crippen LogP contribution in [0.15, 0.2) is 158 Å². The SMILES string of the molecule is CC1(C)c2ccccc2-c2c1ccc1c(-c3c4ccccc4c(-c4ccc(-c5ccccc5)cc4)c4ccccc34)cccc21. The summed E-state index contributed by atoms with van der Waals surface area (Å²) < 4.78 is 0. The second-order valence-corrected chi connectivity index (χ2v) is 12.8. The highest BCUT2D eigenvalue weighted by atomic mass is 14.4. The zero-order valence-electron chi connectivity index (χ0n) is 25.5. The average Bonchev–Trinajstić information content (AvgIpc) is 3.34. The zero-order chi connectivity index (χ0) is 30.1. The maximum atomic E-state index is 2.38. The van der Waals surface area contributed by atoms with E-state index in [4.69, 9.17) is 0 Å². The molecular formula is C45H32. The van der Waals surface area contributed by atoms with Crippen LogP contribution in [0, 0.1) is 0 Å². The monoisotopic (exact) mass is 572 g/mol. The largest absolute Gasteiger partial charge is 0.0622 e. The van der Waals surface area contributed by atoms with Crippen LogP contribution in [0.4, 0.5) is 0 Å². The van der Waals surface area contributed by atoms with E-state index in [2.05, 4.69) is 172 Å². The van der Waals surface area contributed by atoms with Crippen LogP contribution in [0.25, 0.3) is 76.8 Å². The Morgan fingerprint density at radius 3 is 1.47 bits per heavy atom. The van der Waals surface area contributed by atoms with Gasteiger partial charge in [0, 0.05) is 5.41 Å². The van der Waals surface area contributed by atoms with Gasteiger partial charge in [0.05, 0.1) is 0 Å². The summed E-state index contributed by atoms with van der Waals surface area (Å²) in [5, 5.41) is 7.77. The molecule has 0 aromatic heterocycles. The third-order valence-electron chi connectivity index (χ3n) is 10.1. The van der Waals surface area contributed by atoms with Crippen LogP contribution in [-0.4, -0.2) is 0 Å². The molecule has 45 heavy (non-hydrogen) atoms. The predicted molar refractivity (Wildman–Crippen MR) is 193 cm³/mol. The topological polar surface area (TPSA) is 0 Å². The average molecular weight is 573 g/mol. The molecule has 0 heteroatoms. The molecule has 0 N–H and O–H groups in total. The molecule has 0 heterocycles. The maximum Gasteiger partial charge on any atom is 0.0159 e. The highest BCUT2D eigenvalue weighted by Gasteiger charge is 2.36. The fraction of sp³-hybridized carbons (Fsp3) is 0.0667. The van der Waals surface area contributed by atoms with Gasteiger partial charge in [-0.1, -0.05) is 172 Å². The Morgan fingerprint density at radius 2 is 0.778 bits per heavy atom. The fourth-order valence-corrected chi connectivity index (χ4v) is 7.97. The molecule has 0 amide bonds. The lowest BCUT2D eigenvalue weighted by Gasteiger charge is -2.22. The Hall–Kier alpha value is -5.46.